The summed E-state index contributed by atoms with van der Waals surface area (Å²) in [5.41, 5.74) is 1.45. The lowest BCUT2D eigenvalue weighted by Gasteiger charge is -2.22. The summed E-state index contributed by atoms with van der Waals surface area (Å²) in [6.45, 7) is 6.71. The van der Waals surface area contributed by atoms with E-state index in [1.807, 2.05) is 11.3 Å². The Morgan fingerprint density at radius 2 is 1.94 bits per heavy atom. The third kappa shape index (κ3) is 3.32. The van der Waals surface area contributed by atoms with Gasteiger partial charge in [-0.1, -0.05) is 20.8 Å². The Balaban J connectivity index is 1.95. The number of hydrogen-bond acceptors (Lipinski definition) is 3. The molecule has 0 atom stereocenters. The van der Waals surface area contributed by atoms with Gasteiger partial charge in [0.05, 0.1) is 0 Å². The number of rotatable bonds is 2. The molecule has 2 rings (SSSR count). The smallest absolute Gasteiger partial charge is 0.133 e. The molecule has 1 heterocycles. The molecule has 0 aromatic carbocycles. The Labute approximate surface area is 107 Å². The molecular weight excluding hydrogens is 230 g/mol. The molecule has 1 fully saturated rings. The third-order valence-electron chi connectivity index (χ3n) is 3.25. The highest BCUT2D eigenvalue weighted by Gasteiger charge is 2.20. The third-order valence-corrected chi connectivity index (χ3v) is 4.61. The van der Waals surface area contributed by atoms with E-state index >= 15 is 0 Å². The first kappa shape index (κ1) is 12.6. The molecule has 0 saturated heterocycles. The summed E-state index contributed by atoms with van der Waals surface area (Å²) >= 11 is 1.82. The first-order valence-corrected chi connectivity index (χ1v) is 7.20. The van der Waals surface area contributed by atoms with Crippen LogP contribution in [0.25, 0.3) is 0 Å². The lowest BCUT2D eigenvalue weighted by Crippen LogP contribution is -2.25. The standard InChI is InChI=1S/C14H21NOS/c1-14(2,3)13-8-11(9-17-13)15-10-4-6-12(16)7-5-10/h8-10,15H,4-7H2,1-3H3. The normalized spacial score (nSPS) is 18.4. The lowest BCUT2D eigenvalue weighted by molar-refractivity contribution is -0.120. The number of nitrogens with one attached hydrogen (secondary N) is 1. The van der Waals surface area contributed by atoms with Crippen molar-refractivity contribution >= 4 is 22.8 Å². The molecule has 0 radical (unpaired) electrons. The van der Waals surface area contributed by atoms with Gasteiger partial charge in [0.25, 0.3) is 0 Å². The second-order valence-electron chi connectivity index (χ2n) is 5.91. The van der Waals surface area contributed by atoms with E-state index in [1.165, 1.54) is 10.6 Å². The van der Waals surface area contributed by atoms with Crippen molar-refractivity contribution in [1.29, 1.82) is 0 Å². The molecular formula is C14H21NOS. The van der Waals surface area contributed by atoms with Crippen molar-refractivity contribution in [3.63, 3.8) is 0 Å². The van der Waals surface area contributed by atoms with Crippen molar-refractivity contribution in [2.45, 2.75) is 57.9 Å². The second-order valence-corrected chi connectivity index (χ2v) is 6.82. The van der Waals surface area contributed by atoms with Gasteiger partial charge >= 0.3 is 0 Å². The average Bonchev–Trinajstić information content (AvgIpc) is 2.69. The van der Waals surface area contributed by atoms with Gasteiger partial charge < -0.3 is 5.32 Å². The maximum absolute atomic E-state index is 11.2. The van der Waals surface area contributed by atoms with Crippen LogP contribution in [0, 0.1) is 0 Å². The van der Waals surface area contributed by atoms with Crippen molar-refractivity contribution in [2.24, 2.45) is 0 Å². The zero-order valence-corrected chi connectivity index (χ0v) is 11.7. The van der Waals surface area contributed by atoms with Crippen LogP contribution >= 0.6 is 11.3 Å². The van der Waals surface area contributed by atoms with E-state index < -0.39 is 0 Å². The van der Waals surface area contributed by atoms with Gasteiger partial charge in [-0.2, -0.15) is 0 Å². The largest absolute Gasteiger partial charge is 0.382 e. The first-order valence-electron chi connectivity index (χ1n) is 6.32. The highest BCUT2D eigenvalue weighted by molar-refractivity contribution is 7.10. The minimum atomic E-state index is 0.229. The Bertz CT molecular complexity index is 393. The molecule has 2 nitrogen and oxygen atoms in total. The first-order chi connectivity index (χ1) is 7.95. The van der Waals surface area contributed by atoms with Crippen LogP contribution in [-0.4, -0.2) is 11.8 Å². The van der Waals surface area contributed by atoms with Gasteiger partial charge in [-0.25, -0.2) is 0 Å². The highest BCUT2D eigenvalue weighted by atomic mass is 32.1. The molecule has 0 aliphatic heterocycles. The molecule has 0 unspecified atom stereocenters. The van der Waals surface area contributed by atoms with Crippen molar-refractivity contribution in [1.82, 2.24) is 0 Å². The van der Waals surface area contributed by atoms with Crippen molar-refractivity contribution in [3.05, 3.63) is 16.3 Å². The minimum absolute atomic E-state index is 0.229. The quantitative estimate of drug-likeness (QED) is 0.861. The molecule has 1 aliphatic rings. The zero-order chi connectivity index (χ0) is 12.5. The van der Waals surface area contributed by atoms with Crippen LogP contribution in [0.2, 0.25) is 0 Å². The highest BCUT2D eigenvalue weighted by Crippen LogP contribution is 2.32. The van der Waals surface area contributed by atoms with Gasteiger partial charge in [-0.15, -0.1) is 11.3 Å². The Morgan fingerprint density at radius 1 is 1.29 bits per heavy atom. The fourth-order valence-electron chi connectivity index (χ4n) is 2.13. The number of carbonyl (C=O) groups is 1. The molecule has 17 heavy (non-hydrogen) atoms. The van der Waals surface area contributed by atoms with Gasteiger partial charge in [0.15, 0.2) is 0 Å². The fourth-order valence-corrected chi connectivity index (χ4v) is 3.06. The molecule has 94 valence electrons. The summed E-state index contributed by atoms with van der Waals surface area (Å²) in [5, 5.41) is 5.74. The number of carbonyl (C=O) groups excluding carboxylic acids is 1. The van der Waals surface area contributed by atoms with E-state index in [1.54, 1.807) is 0 Å². The van der Waals surface area contributed by atoms with Crippen molar-refractivity contribution in [3.8, 4) is 0 Å². The number of thiophene rings is 1. The second kappa shape index (κ2) is 4.81. The van der Waals surface area contributed by atoms with Crippen LogP contribution in [0.4, 0.5) is 5.69 Å². The monoisotopic (exact) mass is 251 g/mol. The van der Waals surface area contributed by atoms with E-state index in [9.17, 15) is 4.79 Å². The van der Waals surface area contributed by atoms with Crippen LogP contribution in [0.5, 0.6) is 0 Å². The molecule has 1 saturated carbocycles. The summed E-state index contributed by atoms with van der Waals surface area (Å²) in [6, 6.07) is 2.73. The summed E-state index contributed by atoms with van der Waals surface area (Å²) in [6.07, 6.45) is 3.46. The van der Waals surface area contributed by atoms with E-state index in [2.05, 4.69) is 37.5 Å². The maximum atomic E-state index is 11.2. The predicted molar refractivity (Wildman–Crippen MR) is 73.9 cm³/mol. The predicted octanol–water partition coefficient (Wildman–Crippen LogP) is 3.97. The average molecular weight is 251 g/mol. The molecule has 0 bridgehead atoms. The summed E-state index contributed by atoms with van der Waals surface area (Å²) in [7, 11) is 0. The van der Waals surface area contributed by atoms with E-state index in [4.69, 9.17) is 0 Å². The number of hydrogen-bond donors (Lipinski definition) is 1. The van der Waals surface area contributed by atoms with Gasteiger partial charge in [-0.05, 0) is 24.3 Å². The van der Waals surface area contributed by atoms with Crippen LogP contribution in [0.1, 0.15) is 51.3 Å². The van der Waals surface area contributed by atoms with Crippen LogP contribution in [0.15, 0.2) is 11.4 Å². The zero-order valence-electron chi connectivity index (χ0n) is 10.9. The molecule has 1 N–H and O–H groups in total. The summed E-state index contributed by atoms with van der Waals surface area (Å²) < 4.78 is 0. The lowest BCUT2D eigenvalue weighted by atomic mass is 9.93. The van der Waals surface area contributed by atoms with Gasteiger partial charge in [0.1, 0.15) is 5.78 Å². The molecule has 3 heteroatoms. The number of anilines is 1. The van der Waals surface area contributed by atoms with Crippen LogP contribution < -0.4 is 5.32 Å². The summed E-state index contributed by atoms with van der Waals surface area (Å²) in [4.78, 5) is 12.6. The Hall–Kier alpha value is -0.830. The SMILES string of the molecule is CC(C)(C)c1cc(NC2CCC(=O)CC2)cs1. The summed E-state index contributed by atoms with van der Waals surface area (Å²) in [5.74, 6) is 0.420. The number of ketones is 1. The minimum Gasteiger partial charge on any atom is -0.382 e. The van der Waals surface area contributed by atoms with Crippen LogP contribution in [-0.2, 0) is 10.2 Å². The molecule has 1 aromatic heterocycles. The Kier molecular flexibility index (Phi) is 3.57. The van der Waals surface area contributed by atoms with Crippen LogP contribution in [0.3, 0.4) is 0 Å². The Morgan fingerprint density at radius 3 is 2.47 bits per heavy atom. The maximum Gasteiger partial charge on any atom is 0.133 e. The number of Topliss-reactive ketones (excluding diaryl/α,β-unsaturated/α-hetero) is 1. The van der Waals surface area contributed by atoms with Gasteiger partial charge in [-0.3, -0.25) is 4.79 Å². The van der Waals surface area contributed by atoms with E-state index in [0.717, 1.165) is 25.7 Å². The van der Waals surface area contributed by atoms with E-state index in [-0.39, 0.29) is 5.41 Å². The van der Waals surface area contributed by atoms with Crippen molar-refractivity contribution < 1.29 is 4.79 Å². The van der Waals surface area contributed by atoms with Gasteiger partial charge in [0, 0.05) is 34.8 Å². The topological polar surface area (TPSA) is 29.1 Å². The molecule has 1 aliphatic carbocycles. The molecule has 1 aromatic rings. The van der Waals surface area contributed by atoms with E-state index in [0.29, 0.717) is 11.8 Å². The van der Waals surface area contributed by atoms with Gasteiger partial charge in [0.2, 0.25) is 0 Å². The fraction of sp³-hybridized carbons (Fsp3) is 0.643. The molecule has 0 spiro atoms. The molecule has 0 amide bonds. The van der Waals surface area contributed by atoms with Crippen molar-refractivity contribution in [2.75, 3.05) is 5.32 Å².